The van der Waals surface area contributed by atoms with Crippen molar-refractivity contribution in [3.05, 3.63) is 71.8 Å². The third-order valence-corrected chi connectivity index (χ3v) is 6.17. The minimum atomic E-state index is -1.76. The fraction of sp³-hybridized carbons (Fsp3) is 0.435. The highest BCUT2D eigenvalue weighted by Gasteiger charge is 2.65. The lowest BCUT2D eigenvalue weighted by molar-refractivity contribution is -0.191. The van der Waals surface area contributed by atoms with Crippen LogP contribution >= 0.6 is 0 Å². The molecule has 2 aliphatic carbocycles. The molecule has 0 heterocycles. The average molecular weight is 367 g/mol. The smallest absolute Gasteiger partial charge is 0.343 e. The fourth-order valence-corrected chi connectivity index (χ4v) is 4.90. The Labute approximate surface area is 160 Å². The summed E-state index contributed by atoms with van der Waals surface area (Å²) in [6, 6.07) is 21.4. The molecule has 0 N–H and O–H groups in total. The van der Waals surface area contributed by atoms with Gasteiger partial charge in [0, 0.05) is 19.1 Å². The summed E-state index contributed by atoms with van der Waals surface area (Å²) in [6.07, 6.45) is 2.53. The van der Waals surface area contributed by atoms with Gasteiger partial charge < -0.3 is 4.74 Å². The van der Waals surface area contributed by atoms with Gasteiger partial charge in [-0.1, -0.05) is 60.7 Å². The van der Waals surface area contributed by atoms with Crippen LogP contribution in [0.25, 0.3) is 0 Å². The molecular weight excluding hydrogens is 341 g/mol. The first-order valence-corrected chi connectivity index (χ1v) is 9.61. The van der Waals surface area contributed by atoms with Crippen LogP contribution < -0.4 is 0 Å². The molecule has 0 amide bonds. The minimum Gasteiger partial charge on any atom is -0.467 e. The maximum Gasteiger partial charge on any atom is 0.343 e. The van der Waals surface area contributed by atoms with Gasteiger partial charge in [-0.15, -0.1) is 0 Å². The number of halogens is 1. The number of nitrogens with zero attached hydrogens (tertiary/aromatic N) is 1. The highest BCUT2D eigenvalue weighted by Crippen LogP contribution is 2.63. The largest absolute Gasteiger partial charge is 0.467 e. The fourth-order valence-electron chi connectivity index (χ4n) is 4.90. The number of alkyl halides is 1. The van der Waals surface area contributed by atoms with E-state index in [0.717, 1.165) is 25.9 Å². The number of ether oxygens (including phenoxy) is 1. The van der Waals surface area contributed by atoms with Gasteiger partial charge in [0.15, 0.2) is 0 Å². The van der Waals surface area contributed by atoms with Crippen LogP contribution in [0.3, 0.4) is 0 Å². The van der Waals surface area contributed by atoms with Gasteiger partial charge in [-0.05, 0) is 42.2 Å². The standard InChI is InChI=1S/C23H26FNO2/c1-27-21(26)23(24)16-22(17-23)12-20(13-22)25(14-18-8-4-2-5-9-18)15-19-10-6-3-7-11-19/h2-11,20H,12-17H2,1H3. The molecule has 2 aromatic carbocycles. The predicted molar refractivity (Wildman–Crippen MR) is 103 cm³/mol. The van der Waals surface area contributed by atoms with Crippen molar-refractivity contribution in [3.63, 3.8) is 0 Å². The monoisotopic (exact) mass is 367 g/mol. The molecular formula is C23H26FNO2. The summed E-state index contributed by atoms with van der Waals surface area (Å²) in [7, 11) is 1.26. The van der Waals surface area contributed by atoms with Gasteiger partial charge in [0.1, 0.15) is 0 Å². The summed E-state index contributed by atoms with van der Waals surface area (Å²) in [4.78, 5) is 14.1. The molecule has 27 heavy (non-hydrogen) atoms. The zero-order valence-electron chi connectivity index (χ0n) is 15.7. The molecule has 2 fully saturated rings. The second-order valence-corrected chi connectivity index (χ2v) is 8.25. The van der Waals surface area contributed by atoms with Crippen LogP contribution in [-0.2, 0) is 22.6 Å². The van der Waals surface area contributed by atoms with Crippen LogP contribution in [0.4, 0.5) is 4.39 Å². The van der Waals surface area contributed by atoms with E-state index in [1.165, 1.54) is 18.2 Å². The maximum atomic E-state index is 14.6. The number of methoxy groups -OCH3 is 1. The van der Waals surface area contributed by atoms with E-state index in [1.54, 1.807) is 0 Å². The molecule has 0 unspecified atom stereocenters. The number of carbonyl (C=O) groups is 1. The van der Waals surface area contributed by atoms with Crippen LogP contribution in [0, 0.1) is 5.41 Å². The van der Waals surface area contributed by atoms with Crippen molar-refractivity contribution in [1.82, 2.24) is 4.90 Å². The first kappa shape index (κ1) is 18.2. The zero-order chi connectivity index (χ0) is 18.9. The summed E-state index contributed by atoms with van der Waals surface area (Å²) in [5.74, 6) is -0.706. The minimum absolute atomic E-state index is 0.0147. The van der Waals surface area contributed by atoms with E-state index in [9.17, 15) is 9.18 Å². The first-order chi connectivity index (χ1) is 13.0. The van der Waals surface area contributed by atoms with E-state index in [1.807, 2.05) is 12.1 Å². The number of rotatable bonds is 6. The van der Waals surface area contributed by atoms with Crippen LogP contribution in [0.5, 0.6) is 0 Å². The summed E-state index contributed by atoms with van der Waals surface area (Å²) in [6.45, 7) is 1.77. The molecule has 2 saturated carbocycles. The van der Waals surface area contributed by atoms with Crippen molar-refractivity contribution in [2.24, 2.45) is 5.41 Å². The SMILES string of the molecule is COC(=O)C1(F)CC2(CC(N(Cc3ccccc3)Cc3ccccc3)C2)C1. The average Bonchev–Trinajstić information content (AvgIpc) is 2.64. The summed E-state index contributed by atoms with van der Waals surface area (Å²) in [5, 5.41) is 0. The number of hydrogen-bond acceptors (Lipinski definition) is 3. The van der Waals surface area contributed by atoms with Gasteiger partial charge in [-0.2, -0.15) is 0 Å². The third-order valence-electron chi connectivity index (χ3n) is 6.17. The Morgan fingerprint density at radius 2 is 1.48 bits per heavy atom. The molecule has 4 heteroatoms. The van der Waals surface area contributed by atoms with Gasteiger partial charge in [0.25, 0.3) is 0 Å². The first-order valence-electron chi connectivity index (χ1n) is 9.61. The van der Waals surface area contributed by atoms with Crippen molar-refractivity contribution in [2.75, 3.05) is 7.11 Å². The van der Waals surface area contributed by atoms with Gasteiger partial charge >= 0.3 is 5.97 Å². The molecule has 142 valence electrons. The molecule has 0 radical (unpaired) electrons. The van der Waals surface area contributed by atoms with Crippen LogP contribution in [-0.4, -0.2) is 29.7 Å². The van der Waals surface area contributed by atoms with Gasteiger partial charge in [-0.3, -0.25) is 4.90 Å². The van der Waals surface area contributed by atoms with E-state index in [4.69, 9.17) is 0 Å². The Kier molecular flexibility index (Phi) is 4.77. The van der Waals surface area contributed by atoms with Gasteiger partial charge in [-0.25, -0.2) is 9.18 Å². The van der Waals surface area contributed by atoms with Gasteiger partial charge in [0.2, 0.25) is 5.67 Å². The summed E-state index contributed by atoms with van der Waals surface area (Å²) < 4.78 is 19.2. The molecule has 0 saturated heterocycles. The Morgan fingerprint density at radius 1 is 1.00 bits per heavy atom. The number of carbonyl (C=O) groups excluding carboxylic acids is 1. The van der Waals surface area contributed by atoms with Crippen LogP contribution in [0.15, 0.2) is 60.7 Å². The number of benzene rings is 2. The Bertz CT molecular complexity index is 737. The predicted octanol–water partition coefficient (Wildman–Crippen LogP) is 4.51. The van der Waals surface area contributed by atoms with Gasteiger partial charge in [0.05, 0.1) is 7.11 Å². The molecule has 0 aliphatic heterocycles. The third kappa shape index (κ3) is 3.63. The lowest BCUT2D eigenvalue weighted by Crippen LogP contribution is -2.63. The molecule has 2 aromatic rings. The van der Waals surface area contributed by atoms with E-state index in [0.29, 0.717) is 18.9 Å². The quantitative estimate of drug-likeness (QED) is 0.704. The number of esters is 1. The summed E-state index contributed by atoms with van der Waals surface area (Å²) in [5.41, 5.74) is 0.803. The van der Waals surface area contributed by atoms with E-state index >= 15 is 0 Å². The molecule has 0 aromatic heterocycles. The molecule has 1 spiro atoms. The van der Waals surface area contributed by atoms with Crippen molar-refractivity contribution in [1.29, 1.82) is 0 Å². The number of hydrogen-bond donors (Lipinski definition) is 0. The zero-order valence-corrected chi connectivity index (χ0v) is 15.7. The molecule has 2 aliphatic rings. The summed E-state index contributed by atoms with van der Waals surface area (Å²) >= 11 is 0. The lowest BCUT2D eigenvalue weighted by Gasteiger charge is -2.61. The normalized spacial score (nSPS) is 29.2. The van der Waals surface area contributed by atoms with Crippen molar-refractivity contribution >= 4 is 5.97 Å². The molecule has 0 bridgehead atoms. The van der Waals surface area contributed by atoms with E-state index < -0.39 is 11.6 Å². The molecule has 4 rings (SSSR count). The molecule has 0 atom stereocenters. The topological polar surface area (TPSA) is 29.5 Å². The Balaban J connectivity index is 1.42. The second kappa shape index (κ2) is 7.08. The lowest BCUT2D eigenvalue weighted by atomic mass is 9.48. The van der Waals surface area contributed by atoms with E-state index in [2.05, 4.69) is 58.2 Å². The highest BCUT2D eigenvalue weighted by atomic mass is 19.1. The van der Waals surface area contributed by atoms with E-state index in [-0.39, 0.29) is 5.41 Å². The Morgan fingerprint density at radius 3 is 1.93 bits per heavy atom. The van der Waals surface area contributed by atoms with Crippen molar-refractivity contribution < 1.29 is 13.9 Å². The molecule has 3 nitrogen and oxygen atoms in total. The maximum absolute atomic E-state index is 14.6. The van der Waals surface area contributed by atoms with Crippen LogP contribution in [0.2, 0.25) is 0 Å². The van der Waals surface area contributed by atoms with Crippen molar-refractivity contribution in [2.45, 2.75) is 50.5 Å². The van der Waals surface area contributed by atoms with Crippen LogP contribution in [0.1, 0.15) is 36.8 Å². The highest BCUT2D eigenvalue weighted by molar-refractivity contribution is 5.81. The van der Waals surface area contributed by atoms with Crippen molar-refractivity contribution in [3.8, 4) is 0 Å². The Hall–Kier alpha value is -2.20. The second-order valence-electron chi connectivity index (χ2n) is 8.25.